The Kier molecular flexibility index (Phi) is 1.67. The van der Waals surface area contributed by atoms with Gasteiger partial charge in [-0.05, 0) is 37.2 Å². The lowest BCUT2D eigenvalue weighted by Crippen LogP contribution is -2.10. The van der Waals surface area contributed by atoms with Crippen LogP contribution in [0.1, 0.15) is 37.3 Å². The van der Waals surface area contributed by atoms with Gasteiger partial charge >= 0.3 is 0 Å². The molecule has 0 aliphatic heterocycles. The standard InChI is InChI=1S/C13H15N3/c1-2-9-5-8(1)6-11(9)12-10-3-4-14-13(10)16-7-15-12/h3-4,7-9,11H,1-2,5-6H2,(H,14,15,16). The number of fused-ring (bicyclic) bond motifs is 3. The summed E-state index contributed by atoms with van der Waals surface area (Å²) in [6.07, 6.45) is 9.31. The molecular formula is C13H15N3. The molecule has 0 aromatic carbocycles. The summed E-state index contributed by atoms with van der Waals surface area (Å²) in [6, 6.07) is 2.12. The number of aromatic nitrogens is 3. The zero-order chi connectivity index (χ0) is 10.5. The highest BCUT2D eigenvalue weighted by atomic mass is 14.9. The van der Waals surface area contributed by atoms with Crippen LogP contribution in [0.4, 0.5) is 0 Å². The van der Waals surface area contributed by atoms with Crippen molar-refractivity contribution in [1.82, 2.24) is 15.0 Å². The molecule has 3 heteroatoms. The summed E-state index contributed by atoms with van der Waals surface area (Å²) in [6.45, 7) is 0. The summed E-state index contributed by atoms with van der Waals surface area (Å²) in [7, 11) is 0. The molecule has 2 aliphatic rings. The molecule has 82 valence electrons. The molecule has 2 aromatic rings. The lowest BCUT2D eigenvalue weighted by molar-refractivity contribution is 0.415. The Morgan fingerprint density at radius 1 is 1.19 bits per heavy atom. The molecule has 3 nitrogen and oxygen atoms in total. The summed E-state index contributed by atoms with van der Waals surface area (Å²) in [4.78, 5) is 12.0. The zero-order valence-electron chi connectivity index (χ0n) is 9.19. The SMILES string of the molecule is c1nc(C2CC3CCC2C3)c2cc[nH]c2n1. The molecule has 2 aliphatic carbocycles. The van der Waals surface area contributed by atoms with Gasteiger partial charge in [0.25, 0.3) is 0 Å². The van der Waals surface area contributed by atoms with Crippen molar-refractivity contribution in [3.63, 3.8) is 0 Å². The summed E-state index contributed by atoms with van der Waals surface area (Å²) in [5.74, 6) is 2.55. The number of aromatic amines is 1. The molecule has 16 heavy (non-hydrogen) atoms. The number of nitrogens with one attached hydrogen (secondary N) is 1. The van der Waals surface area contributed by atoms with E-state index in [1.54, 1.807) is 6.33 Å². The van der Waals surface area contributed by atoms with Gasteiger partial charge in [0.05, 0.1) is 5.69 Å². The highest BCUT2D eigenvalue weighted by molar-refractivity contribution is 5.78. The number of nitrogens with zero attached hydrogens (tertiary/aromatic N) is 2. The molecule has 2 saturated carbocycles. The van der Waals surface area contributed by atoms with E-state index in [1.807, 2.05) is 6.20 Å². The molecule has 4 rings (SSSR count). The minimum absolute atomic E-state index is 0.694. The summed E-state index contributed by atoms with van der Waals surface area (Å²) in [5.41, 5.74) is 2.28. The zero-order valence-corrected chi connectivity index (χ0v) is 9.19. The van der Waals surface area contributed by atoms with Crippen LogP contribution >= 0.6 is 0 Å². The van der Waals surface area contributed by atoms with E-state index in [9.17, 15) is 0 Å². The molecule has 2 heterocycles. The van der Waals surface area contributed by atoms with Crippen LogP contribution in [-0.4, -0.2) is 15.0 Å². The summed E-state index contributed by atoms with van der Waals surface area (Å²) < 4.78 is 0. The largest absolute Gasteiger partial charge is 0.346 e. The van der Waals surface area contributed by atoms with Gasteiger partial charge in [-0.2, -0.15) is 0 Å². The Bertz CT molecular complexity index is 531. The van der Waals surface area contributed by atoms with Crippen LogP contribution in [0.25, 0.3) is 11.0 Å². The third-order valence-electron chi connectivity index (χ3n) is 4.47. The Morgan fingerprint density at radius 2 is 2.19 bits per heavy atom. The second-order valence-electron chi connectivity index (χ2n) is 5.28. The number of H-pyrrole nitrogens is 1. The maximum absolute atomic E-state index is 4.55. The van der Waals surface area contributed by atoms with Crippen LogP contribution in [0.15, 0.2) is 18.6 Å². The predicted octanol–water partition coefficient (Wildman–Crippen LogP) is 2.86. The topological polar surface area (TPSA) is 41.6 Å². The first-order chi connectivity index (χ1) is 7.92. The van der Waals surface area contributed by atoms with E-state index in [0.717, 1.165) is 17.5 Å². The third-order valence-corrected chi connectivity index (χ3v) is 4.47. The lowest BCUT2D eigenvalue weighted by Gasteiger charge is -2.21. The molecule has 2 aromatic heterocycles. The van der Waals surface area contributed by atoms with E-state index >= 15 is 0 Å². The van der Waals surface area contributed by atoms with Crippen LogP contribution in [0.5, 0.6) is 0 Å². The molecule has 0 spiro atoms. The van der Waals surface area contributed by atoms with Crippen LogP contribution < -0.4 is 0 Å². The van der Waals surface area contributed by atoms with Gasteiger partial charge in [0.1, 0.15) is 12.0 Å². The highest BCUT2D eigenvalue weighted by Gasteiger charge is 2.41. The average molecular weight is 213 g/mol. The molecule has 1 N–H and O–H groups in total. The van der Waals surface area contributed by atoms with Gasteiger partial charge in [0.2, 0.25) is 0 Å². The Balaban J connectivity index is 1.84. The van der Waals surface area contributed by atoms with Crippen molar-refractivity contribution in [1.29, 1.82) is 0 Å². The van der Waals surface area contributed by atoms with Gasteiger partial charge in [-0.1, -0.05) is 6.42 Å². The van der Waals surface area contributed by atoms with Crippen LogP contribution in [0, 0.1) is 11.8 Å². The third kappa shape index (κ3) is 1.09. The van der Waals surface area contributed by atoms with E-state index in [-0.39, 0.29) is 0 Å². The van der Waals surface area contributed by atoms with Gasteiger partial charge in [-0.25, -0.2) is 9.97 Å². The molecule has 0 saturated heterocycles. The number of hydrogen-bond acceptors (Lipinski definition) is 2. The number of rotatable bonds is 1. The summed E-state index contributed by atoms with van der Waals surface area (Å²) >= 11 is 0. The number of hydrogen-bond donors (Lipinski definition) is 1. The summed E-state index contributed by atoms with van der Waals surface area (Å²) in [5, 5.41) is 1.24. The maximum Gasteiger partial charge on any atom is 0.140 e. The first-order valence-electron chi connectivity index (χ1n) is 6.20. The van der Waals surface area contributed by atoms with Crippen LogP contribution in [-0.2, 0) is 0 Å². The molecule has 2 bridgehead atoms. The molecular weight excluding hydrogens is 198 g/mol. The van der Waals surface area contributed by atoms with Crippen molar-refractivity contribution in [2.24, 2.45) is 11.8 Å². The van der Waals surface area contributed by atoms with E-state index < -0.39 is 0 Å². The minimum atomic E-state index is 0.694. The van der Waals surface area contributed by atoms with Gasteiger partial charge < -0.3 is 4.98 Å². The van der Waals surface area contributed by atoms with Crippen molar-refractivity contribution in [3.05, 3.63) is 24.3 Å². The minimum Gasteiger partial charge on any atom is -0.346 e. The first kappa shape index (κ1) is 8.74. The quantitative estimate of drug-likeness (QED) is 0.791. The Labute approximate surface area is 94.3 Å². The van der Waals surface area contributed by atoms with E-state index in [0.29, 0.717) is 5.92 Å². The van der Waals surface area contributed by atoms with E-state index in [1.165, 1.54) is 36.8 Å². The normalized spacial score (nSPS) is 32.6. The fourth-order valence-corrected chi connectivity index (χ4v) is 3.77. The van der Waals surface area contributed by atoms with Gasteiger partial charge in [0.15, 0.2) is 0 Å². The van der Waals surface area contributed by atoms with Crippen molar-refractivity contribution >= 4 is 11.0 Å². The predicted molar refractivity (Wildman–Crippen MR) is 62.1 cm³/mol. The molecule has 0 radical (unpaired) electrons. The molecule has 0 amide bonds. The highest BCUT2D eigenvalue weighted by Crippen LogP contribution is 2.53. The van der Waals surface area contributed by atoms with E-state index in [4.69, 9.17) is 0 Å². The van der Waals surface area contributed by atoms with Crippen molar-refractivity contribution in [2.45, 2.75) is 31.6 Å². The molecule has 2 fully saturated rings. The van der Waals surface area contributed by atoms with Crippen molar-refractivity contribution < 1.29 is 0 Å². The van der Waals surface area contributed by atoms with Crippen molar-refractivity contribution in [3.8, 4) is 0 Å². The first-order valence-corrected chi connectivity index (χ1v) is 6.20. The molecule has 3 unspecified atom stereocenters. The van der Waals surface area contributed by atoms with Gasteiger partial charge in [-0.15, -0.1) is 0 Å². The average Bonchev–Trinajstić information content (AvgIpc) is 3.03. The lowest BCUT2D eigenvalue weighted by atomic mass is 9.85. The van der Waals surface area contributed by atoms with Gasteiger partial charge in [0, 0.05) is 17.5 Å². The Morgan fingerprint density at radius 3 is 3.00 bits per heavy atom. The second kappa shape index (κ2) is 3.06. The molecule has 3 atom stereocenters. The van der Waals surface area contributed by atoms with E-state index in [2.05, 4.69) is 21.0 Å². The fourth-order valence-electron chi connectivity index (χ4n) is 3.77. The van der Waals surface area contributed by atoms with Gasteiger partial charge in [-0.3, -0.25) is 0 Å². The second-order valence-corrected chi connectivity index (χ2v) is 5.28. The monoisotopic (exact) mass is 213 g/mol. The Hall–Kier alpha value is -1.38. The maximum atomic E-state index is 4.55. The van der Waals surface area contributed by atoms with Crippen molar-refractivity contribution in [2.75, 3.05) is 0 Å². The van der Waals surface area contributed by atoms with Crippen LogP contribution in [0.3, 0.4) is 0 Å². The smallest absolute Gasteiger partial charge is 0.140 e. The fraction of sp³-hybridized carbons (Fsp3) is 0.538. The van der Waals surface area contributed by atoms with Crippen LogP contribution in [0.2, 0.25) is 0 Å².